The second-order valence-electron chi connectivity index (χ2n) is 3.84. The molecule has 0 atom stereocenters. The fourth-order valence-electron chi connectivity index (χ4n) is 1.55. The Morgan fingerprint density at radius 1 is 1.16 bits per heavy atom. The smallest absolute Gasteiger partial charge is 0.244 e. The van der Waals surface area contributed by atoms with Crippen molar-refractivity contribution < 1.29 is 18.6 Å². The van der Waals surface area contributed by atoms with E-state index in [-0.39, 0.29) is 36.2 Å². The molecule has 0 unspecified atom stereocenters. The second-order valence-corrected chi connectivity index (χ2v) is 6.53. The molecular formula is C11H15Cl2NO4S. The zero-order chi connectivity index (χ0) is 14.6. The molecule has 5 nitrogen and oxygen atoms in total. The van der Waals surface area contributed by atoms with Gasteiger partial charge in [0, 0.05) is 18.1 Å². The standard InChI is InChI=1S/C11H15Cl2NO4S/c1-8-9(12)2-3-10(11(8)13)19(17,18)14(4-6-15)5-7-16/h2-3,15-16H,4-7H2,1H3. The molecule has 0 aliphatic heterocycles. The summed E-state index contributed by atoms with van der Waals surface area (Å²) in [6.45, 7) is 0.709. The van der Waals surface area contributed by atoms with Crippen molar-refractivity contribution in [1.29, 1.82) is 0 Å². The molecule has 1 rings (SSSR count). The van der Waals surface area contributed by atoms with E-state index in [0.717, 1.165) is 4.31 Å². The number of hydrogen-bond acceptors (Lipinski definition) is 4. The van der Waals surface area contributed by atoms with Crippen LogP contribution in [0.1, 0.15) is 5.56 Å². The molecule has 19 heavy (non-hydrogen) atoms. The molecule has 1 aromatic rings. The molecule has 108 valence electrons. The normalized spacial score (nSPS) is 12.1. The van der Waals surface area contributed by atoms with Crippen LogP contribution in [0.3, 0.4) is 0 Å². The summed E-state index contributed by atoms with van der Waals surface area (Å²) in [5.74, 6) is 0. The maximum absolute atomic E-state index is 12.4. The van der Waals surface area contributed by atoms with E-state index in [1.165, 1.54) is 12.1 Å². The highest BCUT2D eigenvalue weighted by molar-refractivity contribution is 7.89. The van der Waals surface area contributed by atoms with Gasteiger partial charge in [0.25, 0.3) is 0 Å². The van der Waals surface area contributed by atoms with Gasteiger partial charge in [-0.15, -0.1) is 0 Å². The molecule has 0 aromatic heterocycles. The van der Waals surface area contributed by atoms with E-state index in [0.29, 0.717) is 10.6 Å². The molecule has 0 heterocycles. The SMILES string of the molecule is Cc1c(Cl)ccc(S(=O)(=O)N(CCO)CCO)c1Cl. The van der Waals surface area contributed by atoms with E-state index in [4.69, 9.17) is 33.4 Å². The predicted molar refractivity (Wildman–Crippen MR) is 74.1 cm³/mol. The average molecular weight is 328 g/mol. The van der Waals surface area contributed by atoms with Crippen LogP contribution < -0.4 is 0 Å². The largest absolute Gasteiger partial charge is 0.395 e. The summed E-state index contributed by atoms with van der Waals surface area (Å²) in [4.78, 5) is -0.0852. The molecule has 2 N–H and O–H groups in total. The van der Waals surface area contributed by atoms with Gasteiger partial charge in [0.2, 0.25) is 10.0 Å². The van der Waals surface area contributed by atoms with Crippen LogP contribution in [-0.4, -0.2) is 49.2 Å². The quantitative estimate of drug-likeness (QED) is 0.825. The van der Waals surface area contributed by atoms with Gasteiger partial charge < -0.3 is 10.2 Å². The minimum absolute atomic E-state index is 0.0494. The monoisotopic (exact) mass is 327 g/mol. The van der Waals surface area contributed by atoms with Gasteiger partial charge in [-0.05, 0) is 24.6 Å². The van der Waals surface area contributed by atoms with Crippen molar-refractivity contribution in [3.8, 4) is 0 Å². The van der Waals surface area contributed by atoms with Crippen molar-refractivity contribution in [2.75, 3.05) is 26.3 Å². The Bertz CT molecular complexity index is 542. The minimum Gasteiger partial charge on any atom is -0.395 e. The van der Waals surface area contributed by atoms with E-state index < -0.39 is 10.0 Å². The van der Waals surface area contributed by atoms with Crippen molar-refractivity contribution in [3.05, 3.63) is 27.7 Å². The van der Waals surface area contributed by atoms with Gasteiger partial charge >= 0.3 is 0 Å². The van der Waals surface area contributed by atoms with Gasteiger partial charge in [0.15, 0.2) is 0 Å². The fourth-order valence-corrected chi connectivity index (χ4v) is 3.76. The van der Waals surface area contributed by atoms with Gasteiger partial charge in [0.05, 0.1) is 18.2 Å². The number of aliphatic hydroxyl groups excluding tert-OH is 2. The third-order valence-electron chi connectivity index (χ3n) is 2.60. The van der Waals surface area contributed by atoms with Crippen LogP contribution in [0.5, 0.6) is 0 Å². The van der Waals surface area contributed by atoms with Crippen molar-refractivity contribution in [2.24, 2.45) is 0 Å². The fraction of sp³-hybridized carbons (Fsp3) is 0.455. The first kappa shape index (κ1) is 16.7. The van der Waals surface area contributed by atoms with E-state index in [1.807, 2.05) is 0 Å². The van der Waals surface area contributed by atoms with Gasteiger partial charge in [-0.25, -0.2) is 8.42 Å². The highest BCUT2D eigenvalue weighted by Crippen LogP contribution is 2.31. The van der Waals surface area contributed by atoms with E-state index in [2.05, 4.69) is 0 Å². The van der Waals surface area contributed by atoms with E-state index in [9.17, 15) is 8.42 Å². The number of hydrogen-bond donors (Lipinski definition) is 2. The Morgan fingerprint density at radius 2 is 1.68 bits per heavy atom. The molecule has 0 aliphatic carbocycles. The van der Waals surface area contributed by atoms with Crippen LogP contribution in [0.15, 0.2) is 17.0 Å². The summed E-state index contributed by atoms with van der Waals surface area (Å²) < 4.78 is 25.7. The molecule has 0 radical (unpaired) electrons. The van der Waals surface area contributed by atoms with E-state index >= 15 is 0 Å². The van der Waals surface area contributed by atoms with Gasteiger partial charge in [-0.3, -0.25) is 0 Å². The number of halogens is 2. The van der Waals surface area contributed by atoms with Gasteiger partial charge in [-0.2, -0.15) is 4.31 Å². The van der Waals surface area contributed by atoms with E-state index in [1.54, 1.807) is 6.92 Å². The second kappa shape index (κ2) is 6.88. The number of nitrogens with zero attached hydrogens (tertiary/aromatic N) is 1. The Morgan fingerprint density at radius 3 is 2.16 bits per heavy atom. The summed E-state index contributed by atoms with van der Waals surface area (Å²) in [7, 11) is -3.87. The Hall–Kier alpha value is -0.370. The molecule has 0 bridgehead atoms. The maximum Gasteiger partial charge on any atom is 0.244 e. The van der Waals surface area contributed by atoms with Crippen molar-refractivity contribution >= 4 is 33.2 Å². The first-order chi connectivity index (χ1) is 8.86. The Balaban J connectivity index is 3.29. The van der Waals surface area contributed by atoms with Crippen LogP contribution in [-0.2, 0) is 10.0 Å². The summed E-state index contributed by atoms with van der Waals surface area (Å²) >= 11 is 11.9. The van der Waals surface area contributed by atoms with Crippen LogP contribution >= 0.6 is 23.2 Å². The van der Waals surface area contributed by atoms with Crippen molar-refractivity contribution in [1.82, 2.24) is 4.31 Å². The lowest BCUT2D eigenvalue weighted by Crippen LogP contribution is -2.36. The number of aliphatic hydroxyl groups is 2. The van der Waals surface area contributed by atoms with Crippen LogP contribution in [0, 0.1) is 6.92 Å². The van der Waals surface area contributed by atoms with Gasteiger partial charge in [-0.1, -0.05) is 23.2 Å². The highest BCUT2D eigenvalue weighted by atomic mass is 35.5. The van der Waals surface area contributed by atoms with Crippen LogP contribution in [0.25, 0.3) is 0 Å². The zero-order valence-corrected chi connectivity index (χ0v) is 12.6. The van der Waals surface area contributed by atoms with Crippen LogP contribution in [0.2, 0.25) is 10.0 Å². The number of rotatable bonds is 6. The minimum atomic E-state index is -3.87. The third-order valence-corrected chi connectivity index (χ3v) is 5.55. The first-order valence-corrected chi connectivity index (χ1v) is 7.72. The molecule has 0 saturated carbocycles. The molecule has 1 aromatic carbocycles. The van der Waals surface area contributed by atoms with Crippen molar-refractivity contribution in [3.63, 3.8) is 0 Å². The summed E-state index contributed by atoms with van der Waals surface area (Å²) in [5, 5.41) is 18.2. The topological polar surface area (TPSA) is 77.8 Å². The molecule has 0 saturated heterocycles. The molecule has 0 aliphatic rings. The number of sulfonamides is 1. The van der Waals surface area contributed by atoms with Crippen LogP contribution in [0.4, 0.5) is 0 Å². The molecule has 0 spiro atoms. The third kappa shape index (κ3) is 3.59. The lowest BCUT2D eigenvalue weighted by atomic mass is 10.2. The predicted octanol–water partition coefficient (Wildman–Crippen LogP) is 1.28. The Labute approximate surface area is 122 Å². The summed E-state index contributed by atoms with van der Waals surface area (Å²) in [5.41, 5.74) is 0.470. The lowest BCUT2D eigenvalue weighted by molar-refractivity contribution is 0.217. The first-order valence-electron chi connectivity index (χ1n) is 5.52. The van der Waals surface area contributed by atoms with Crippen molar-refractivity contribution in [2.45, 2.75) is 11.8 Å². The number of benzene rings is 1. The molecule has 0 amide bonds. The lowest BCUT2D eigenvalue weighted by Gasteiger charge is -2.21. The van der Waals surface area contributed by atoms with Gasteiger partial charge in [0.1, 0.15) is 4.90 Å². The molecular weight excluding hydrogens is 313 g/mol. The zero-order valence-electron chi connectivity index (χ0n) is 10.3. The molecule has 8 heteroatoms. The highest BCUT2D eigenvalue weighted by Gasteiger charge is 2.27. The maximum atomic E-state index is 12.4. The molecule has 0 fully saturated rings. The summed E-state index contributed by atoms with van der Waals surface area (Å²) in [6, 6.07) is 2.76. The Kier molecular flexibility index (Phi) is 6.04. The summed E-state index contributed by atoms with van der Waals surface area (Å²) in [6.07, 6.45) is 0. The average Bonchev–Trinajstić information content (AvgIpc) is 2.35.